The number of halogens is 2. The van der Waals surface area contributed by atoms with E-state index >= 15 is 0 Å². The van der Waals surface area contributed by atoms with Gasteiger partial charge >= 0.3 is 0 Å². The summed E-state index contributed by atoms with van der Waals surface area (Å²) in [5.41, 5.74) is 0.858. The van der Waals surface area contributed by atoms with E-state index in [-0.39, 0.29) is 0 Å². The van der Waals surface area contributed by atoms with Crippen molar-refractivity contribution in [2.75, 3.05) is 24.3 Å². The average molecular weight is 416 g/mol. The minimum atomic E-state index is 0.668. The molecule has 0 fully saturated rings. The normalized spacial score (nSPS) is 10.3. The summed E-state index contributed by atoms with van der Waals surface area (Å²) in [6, 6.07) is 3.82. The van der Waals surface area contributed by atoms with Crippen LogP contribution < -0.4 is 15.4 Å². The van der Waals surface area contributed by atoms with Gasteiger partial charge in [-0.25, -0.2) is 4.98 Å². The van der Waals surface area contributed by atoms with E-state index in [1.165, 1.54) is 0 Å². The van der Waals surface area contributed by atoms with Gasteiger partial charge in [0.2, 0.25) is 0 Å². The molecule has 112 valence electrons. The molecule has 0 aliphatic heterocycles. The summed E-state index contributed by atoms with van der Waals surface area (Å²) in [5.74, 6) is 2.16. The minimum Gasteiger partial charge on any atom is -0.495 e. The van der Waals surface area contributed by atoms with Crippen LogP contribution in [0.1, 0.15) is 13.3 Å². The number of aromatic nitrogens is 2. The number of rotatable bonds is 6. The Kier molecular flexibility index (Phi) is 5.81. The van der Waals surface area contributed by atoms with E-state index in [2.05, 4.69) is 59.4 Å². The van der Waals surface area contributed by atoms with Gasteiger partial charge in [0.25, 0.3) is 0 Å². The fourth-order valence-electron chi connectivity index (χ4n) is 1.68. The van der Waals surface area contributed by atoms with E-state index < -0.39 is 0 Å². The molecule has 21 heavy (non-hydrogen) atoms. The second-order valence-electron chi connectivity index (χ2n) is 4.31. The van der Waals surface area contributed by atoms with Gasteiger partial charge in [0.05, 0.1) is 29.7 Å². The van der Waals surface area contributed by atoms with E-state index in [1.807, 2.05) is 12.1 Å². The Hall–Kier alpha value is -1.34. The number of nitrogens with one attached hydrogen (secondary N) is 2. The van der Waals surface area contributed by atoms with E-state index in [0.29, 0.717) is 5.82 Å². The zero-order chi connectivity index (χ0) is 15.2. The Morgan fingerprint density at radius 3 is 2.62 bits per heavy atom. The van der Waals surface area contributed by atoms with Crippen molar-refractivity contribution in [2.45, 2.75) is 13.3 Å². The summed E-state index contributed by atoms with van der Waals surface area (Å²) in [6.45, 7) is 2.97. The first-order chi connectivity index (χ1) is 10.1. The quantitative estimate of drug-likeness (QED) is 0.723. The number of methoxy groups -OCH3 is 1. The summed E-state index contributed by atoms with van der Waals surface area (Å²) in [7, 11) is 1.63. The first-order valence-electron chi connectivity index (χ1n) is 6.50. The summed E-state index contributed by atoms with van der Waals surface area (Å²) in [6.07, 6.45) is 4.42. The molecule has 2 rings (SSSR count). The maximum absolute atomic E-state index is 5.30. The summed E-state index contributed by atoms with van der Waals surface area (Å²) in [5, 5.41) is 6.44. The van der Waals surface area contributed by atoms with Gasteiger partial charge in [0.1, 0.15) is 11.6 Å². The Balaban J connectivity index is 2.21. The van der Waals surface area contributed by atoms with Crippen LogP contribution >= 0.6 is 31.9 Å². The monoisotopic (exact) mass is 414 g/mol. The number of hydrogen-bond acceptors (Lipinski definition) is 5. The van der Waals surface area contributed by atoms with E-state index in [9.17, 15) is 0 Å². The predicted octanol–water partition coefficient (Wildman–Crippen LogP) is 4.58. The first kappa shape index (κ1) is 16.0. The van der Waals surface area contributed by atoms with Gasteiger partial charge < -0.3 is 15.4 Å². The zero-order valence-electron chi connectivity index (χ0n) is 11.8. The Bertz CT molecular complexity index is 622. The second kappa shape index (κ2) is 7.61. The van der Waals surface area contributed by atoms with Crippen molar-refractivity contribution in [3.63, 3.8) is 0 Å². The lowest BCUT2D eigenvalue weighted by molar-refractivity contribution is 0.412. The predicted molar refractivity (Wildman–Crippen MR) is 92.5 cm³/mol. The lowest BCUT2D eigenvalue weighted by Crippen LogP contribution is -2.04. The molecule has 0 aliphatic carbocycles. The Morgan fingerprint density at radius 2 is 1.90 bits per heavy atom. The Labute approximate surface area is 140 Å². The van der Waals surface area contributed by atoms with E-state index in [1.54, 1.807) is 19.5 Å². The van der Waals surface area contributed by atoms with Crippen molar-refractivity contribution >= 4 is 49.2 Å². The first-order valence-corrected chi connectivity index (χ1v) is 8.08. The van der Waals surface area contributed by atoms with Crippen LogP contribution in [-0.2, 0) is 0 Å². The molecule has 2 aromatic rings. The third-order valence-electron chi connectivity index (χ3n) is 2.69. The van der Waals surface area contributed by atoms with Crippen LogP contribution in [0.3, 0.4) is 0 Å². The second-order valence-corrected chi connectivity index (χ2v) is 6.02. The van der Waals surface area contributed by atoms with Gasteiger partial charge in [0.15, 0.2) is 5.82 Å². The number of anilines is 3. The molecular formula is C14H16Br2N4O. The van der Waals surface area contributed by atoms with Crippen molar-refractivity contribution in [1.82, 2.24) is 9.97 Å². The highest BCUT2D eigenvalue weighted by atomic mass is 79.9. The standard InChI is InChI=1S/C14H16Br2N4O/c1-3-4-18-13-7-17-8-14(20-13)19-11-6-12(21-2)10(16)5-9(11)15/h5-8H,3-4H2,1-2H3,(H2,18,19,20). The highest BCUT2D eigenvalue weighted by Crippen LogP contribution is 2.35. The van der Waals surface area contributed by atoms with Gasteiger partial charge in [-0.2, -0.15) is 0 Å². The molecule has 1 aromatic carbocycles. The van der Waals surface area contributed by atoms with Crippen molar-refractivity contribution in [3.8, 4) is 5.75 Å². The number of benzene rings is 1. The molecule has 0 amide bonds. The Morgan fingerprint density at radius 1 is 1.14 bits per heavy atom. The SMILES string of the molecule is CCCNc1cncc(Nc2cc(OC)c(Br)cc2Br)n1. The molecule has 1 heterocycles. The molecule has 0 unspecified atom stereocenters. The van der Waals surface area contributed by atoms with E-state index in [0.717, 1.165) is 39.2 Å². The molecule has 0 atom stereocenters. The summed E-state index contributed by atoms with van der Waals surface area (Å²) < 4.78 is 7.09. The lowest BCUT2D eigenvalue weighted by atomic mass is 10.3. The van der Waals surface area contributed by atoms with Gasteiger partial charge in [-0.15, -0.1) is 0 Å². The van der Waals surface area contributed by atoms with E-state index in [4.69, 9.17) is 4.74 Å². The van der Waals surface area contributed by atoms with Gasteiger partial charge in [-0.05, 0) is 44.3 Å². The van der Waals surface area contributed by atoms with Crippen LogP contribution in [0.5, 0.6) is 5.75 Å². The van der Waals surface area contributed by atoms with Gasteiger partial charge in [-0.3, -0.25) is 4.98 Å². The third-order valence-corrected chi connectivity index (χ3v) is 3.97. The summed E-state index contributed by atoms with van der Waals surface area (Å²) in [4.78, 5) is 8.65. The third kappa shape index (κ3) is 4.31. The molecule has 0 bridgehead atoms. The van der Waals surface area contributed by atoms with Crippen LogP contribution in [0.4, 0.5) is 17.3 Å². The number of nitrogens with zero attached hydrogens (tertiary/aromatic N) is 2. The molecule has 0 radical (unpaired) electrons. The highest BCUT2D eigenvalue weighted by molar-refractivity contribution is 9.11. The number of hydrogen-bond donors (Lipinski definition) is 2. The molecule has 5 nitrogen and oxygen atoms in total. The van der Waals surface area contributed by atoms with Crippen LogP contribution in [0.2, 0.25) is 0 Å². The van der Waals surface area contributed by atoms with Gasteiger partial charge in [0, 0.05) is 17.1 Å². The largest absolute Gasteiger partial charge is 0.495 e. The molecule has 2 N–H and O–H groups in total. The topological polar surface area (TPSA) is 59.1 Å². The smallest absolute Gasteiger partial charge is 0.151 e. The fraction of sp³-hybridized carbons (Fsp3) is 0.286. The molecule has 0 saturated carbocycles. The zero-order valence-corrected chi connectivity index (χ0v) is 15.0. The van der Waals surface area contributed by atoms with Crippen LogP contribution in [0.15, 0.2) is 33.5 Å². The van der Waals surface area contributed by atoms with Crippen molar-refractivity contribution < 1.29 is 4.74 Å². The minimum absolute atomic E-state index is 0.668. The molecule has 1 aromatic heterocycles. The molecular weight excluding hydrogens is 400 g/mol. The van der Waals surface area contributed by atoms with Gasteiger partial charge in [-0.1, -0.05) is 6.92 Å². The highest BCUT2D eigenvalue weighted by Gasteiger charge is 2.08. The molecule has 0 aliphatic rings. The van der Waals surface area contributed by atoms with Crippen molar-refractivity contribution in [2.24, 2.45) is 0 Å². The van der Waals surface area contributed by atoms with Crippen LogP contribution in [0, 0.1) is 0 Å². The lowest BCUT2D eigenvalue weighted by Gasteiger charge is -2.12. The fourth-order valence-corrected chi connectivity index (χ4v) is 2.94. The molecule has 7 heteroatoms. The maximum Gasteiger partial charge on any atom is 0.151 e. The van der Waals surface area contributed by atoms with Crippen LogP contribution in [0.25, 0.3) is 0 Å². The maximum atomic E-state index is 5.30. The average Bonchev–Trinajstić information content (AvgIpc) is 2.48. The molecule has 0 spiro atoms. The summed E-state index contributed by atoms with van der Waals surface area (Å²) >= 11 is 6.96. The number of ether oxygens (including phenoxy) is 1. The van der Waals surface area contributed by atoms with Crippen molar-refractivity contribution in [3.05, 3.63) is 33.5 Å². The van der Waals surface area contributed by atoms with Crippen molar-refractivity contribution in [1.29, 1.82) is 0 Å². The van der Waals surface area contributed by atoms with Crippen LogP contribution in [-0.4, -0.2) is 23.6 Å². The molecule has 0 saturated heterocycles.